The van der Waals surface area contributed by atoms with Gasteiger partial charge in [-0.3, -0.25) is 0 Å². The molecule has 2 rings (SSSR count). The molecule has 6 nitrogen and oxygen atoms in total. The van der Waals surface area contributed by atoms with Crippen LogP contribution in [-0.2, 0) is 0 Å². The highest BCUT2D eigenvalue weighted by atomic mass is 16.6. The third kappa shape index (κ3) is 2.02. The number of nitrogens with one attached hydrogen (secondary N) is 2. The smallest absolute Gasteiger partial charge is 0.515 e. The second-order valence-electron chi connectivity index (χ2n) is 2.25. The average Bonchev–Trinajstić information content (AvgIpc) is 2.75. The van der Waals surface area contributed by atoms with E-state index in [1.807, 2.05) is 0 Å². The highest BCUT2D eigenvalue weighted by molar-refractivity contribution is 6.20. The monoisotopic (exact) mass is 178 g/mol. The van der Waals surface area contributed by atoms with Gasteiger partial charge in [0.1, 0.15) is 0 Å². The Labute approximate surface area is 74.6 Å². The fraction of sp³-hybridized carbons (Fsp3) is 0. The Morgan fingerprint density at radius 3 is 1.92 bits per heavy atom. The fourth-order valence-electron chi connectivity index (χ4n) is 0.803. The molecule has 0 aliphatic rings. The zero-order valence-corrected chi connectivity index (χ0v) is 6.73. The van der Waals surface area contributed by atoms with Gasteiger partial charge in [-0.2, -0.15) is 10.2 Å². The van der Waals surface area contributed by atoms with Crippen LogP contribution in [0.2, 0.25) is 0 Å². The number of aromatic amines is 2. The van der Waals surface area contributed by atoms with Crippen molar-refractivity contribution in [2.45, 2.75) is 0 Å². The van der Waals surface area contributed by atoms with Crippen molar-refractivity contribution in [1.29, 1.82) is 0 Å². The van der Waals surface area contributed by atoms with Crippen LogP contribution in [0.15, 0.2) is 24.5 Å². The van der Waals surface area contributed by atoms with Crippen LogP contribution in [-0.4, -0.2) is 28.1 Å². The summed E-state index contributed by atoms with van der Waals surface area (Å²) in [5.41, 5.74) is 0. The van der Waals surface area contributed by atoms with Gasteiger partial charge in [-0.1, -0.05) is 0 Å². The summed E-state index contributed by atoms with van der Waals surface area (Å²) in [6.45, 7) is 0. The molecule has 0 radical (unpaired) electrons. The van der Waals surface area contributed by atoms with Gasteiger partial charge < -0.3 is 9.31 Å². The van der Waals surface area contributed by atoms with Crippen molar-refractivity contribution < 1.29 is 9.31 Å². The van der Waals surface area contributed by atoms with E-state index in [9.17, 15) is 0 Å². The van der Waals surface area contributed by atoms with Gasteiger partial charge in [-0.25, -0.2) is 10.2 Å². The third-order valence-corrected chi connectivity index (χ3v) is 1.38. The largest absolute Gasteiger partial charge is 0.578 e. The lowest BCUT2D eigenvalue weighted by Gasteiger charge is -2.01. The van der Waals surface area contributed by atoms with Gasteiger partial charge in [0.2, 0.25) is 0 Å². The van der Waals surface area contributed by atoms with E-state index in [1.165, 1.54) is 0 Å². The molecule has 0 aliphatic carbocycles. The molecule has 2 heterocycles. The average molecular weight is 178 g/mol. The summed E-state index contributed by atoms with van der Waals surface area (Å²) < 4.78 is 10.3. The molecule has 0 aliphatic heterocycles. The molecule has 0 aromatic carbocycles. The summed E-state index contributed by atoms with van der Waals surface area (Å²) in [6.07, 6.45) is 3.21. The van der Waals surface area contributed by atoms with E-state index >= 15 is 0 Å². The van der Waals surface area contributed by atoms with Crippen molar-refractivity contribution in [1.82, 2.24) is 20.4 Å². The number of hydrogen-bond donors (Lipinski definition) is 2. The Morgan fingerprint density at radius 1 is 1.00 bits per heavy atom. The molecule has 0 amide bonds. The molecule has 0 atom stereocenters. The molecule has 2 N–H and O–H groups in total. The first-order valence-corrected chi connectivity index (χ1v) is 3.69. The molecule has 7 heteroatoms. The van der Waals surface area contributed by atoms with E-state index in [0.717, 1.165) is 0 Å². The molecule has 13 heavy (non-hydrogen) atoms. The minimum absolute atomic E-state index is 0.115. The van der Waals surface area contributed by atoms with Crippen molar-refractivity contribution >= 4 is 7.69 Å². The second kappa shape index (κ2) is 3.66. The highest BCUT2D eigenvalue weighted by Crippen LogP contribution is 2.03. The first kappa shape index (κ1) is 7.72. The van der Waals surface area contributed by atoms with E-state index in [1.54, 1.807) is 24.5 Å². The normalized spacial score (nSPS) is 9.54. The lowest BCUT2D eigenvalue weighted by molar-refractivity contribution is 0.438. The predicted octanol–water partition coefficient (Wildman–Crippen LogP) is -0.143. The molecule has 0 unspecified atom stereocenters. The maximum Gasteiger partial charge on any atom is 0.578 e. The molecule has 2 aromatic heterocycles. The van der Waals surface area contributed by atoms with Gasteiger partial charge in [0.05, 0.1) is 12.4 Å². The van der Waals surface area contributed by atoms with Crippen LogP contribution in [0.5, 0.6) is 11.8 Å². The topological polar surface area (TPSA) is 75.8 Å². The minimum Gasteiger partial charge on any atom is -0.515 e. The number of hydrogen-bond acceptors (Lipinski definition) is 4. The summed E-state index contributed by atoms with van der Waals surface area (Å²) in [4.78, 5) is 0. The van der Waals surface area contributed by atoms with Crippen molar-refractivity contribution in [3.63, 3.8) is 0 Å². The highest BCUT2D eigenvalue weighted by Gasteiger charge is 1.99. The Balaban J connectivity index is 1.76. The van der Waals surface area contributed by atoms with Crippen LogP contribution in [0.4, 0.5) is 0 Å². The molecule has 2 aromatic rings. The van der Waals surface area contributed by atoms with Gasteiger partial charge in [-0.05, 0) is 0 Å². The van der Waals surface area contributed by atoms with Gasteiger partial charge in [0.25, 0.3) is 0 Å². The Kier molecular flexibility index (Phi) is 2.17. The number of rotatable bonds is 4. The van der Waals surface area contributed by atoms with Crippen LogP contribution in [0, 0.1) is 0 Å². The molecule has 66 valence electrons. The maximum atomic E-state index is 5.13. The van der Waals surface area contributed by atoms with Gasteiger partial charge in [0.15, 0.2) is 11.8 Å². The fourth-order valence-corrected chi connectivity index (χ4v) is 0.803. The first-order valence-electron chi connectivity index (χ1n) is 3.69. The zero-order valence-electron chi connectivity index (χ0n) is 6.73. The second-order valence-corrected chi connectivity index (χ2v) is 2.25. The first-order chi connectivity index (χ1) is 6.45. The van der Waals surface area contributed by atoms with Crippen molar-refractivity contribution in [3.05, 3.63) is 24.5 Å². The van der Waals surface area contributed by atoms with Gasteiger partial charge in [0, 0.05) is 12.1 Å². The molecular formula is C6H7BN4O2. The van der Waals surface area contributed by atoms with E-state index in [0.29, 0.717) is 11.8 Å². The van der Waals surface area contributed by atoms with E-state index in [-0.39, 0.29) is 7.69 Å². The third-order valence-electron chi connectivity index (χ3n) is 1.38. The maximum absolute atomic E-state index is 5.13. The van der Waals surface area contributed by atoms with E-state index in [4.69, 9.17) is 9.31 Å². The quantitative estimate of drug-likeness (QED) is 0.638. The number of nitrogens with zero attached hydrogens (tertiary/aromatic N) is 2. The summed E-state index contributed by atoms with van der Waals surface area (Å²) >= 11 is 0. The number of H-pyrrole nitrogens is 2. The molecule has 0 saturated heterocycles. The van der Waals surface area contributed by atoms with Crippen LogP contribution >= 0.6 is 0 Å². The molecule has 0 spiro atoms. The molecule has 0 bridgehead atoms. The molecular weight excluding hydrogens is 171 g/mol. The Morgan fingerprint density at radius 2 is 1.54 bits per heavy atom. The standard InChI is InChI=1S/C6H7BN4O2/c1-3-8-10-5(1)12-7-13-6-2-4-9-11-6/h1-4,7H,(H,8,10)(H,9,11). The van der Waals surface area contributed by atoms with Crippen molar-refractivity contribution in [2.24, 2.45) is 0 Å². The molecule has 0 saturated carbocycles. The number of aromatic nitrogens is 4. The Hall–Kier alpha value is -1.92. The lowest BCUT2D eigenvalue weighted by atomic mass is 10.4. The molecule has 0 fully saturated rings. The van der Waals surface area contributed by atoms with Crippen LogP contribution in [0.25, 0.3) is 0 Å². The van der Waals surface area contributed by atoms with Crippen molar-refractivity contribution in [2.75, 3.05) is 0 Å². The van der Waals surface area contributed by atoms with Crippen LogP contribution < -0.4 is 9.31 Å². The summed E-state index contributed by atoms with van der Waals surface area (Å²) in [5.74, 6) is 1.14. The summed E-state index contributed by atoms with van der Waals surface area (Å²) in [6, 6.07) is 3.41. The van der Waals surface area contributed by atoms with Crippen molar-refractivity contribution in [3.8, 4) is 11.8 Å². The van der Waals surface area contributed by atoms with Gasteiger partial charge >= 0.3 is 7.69 Å². The predicted molar refractivity (Wildman–Crippen MR) is 45.6 cm³/mol. The zero-order chi connectivity index (χ0) is 8.93. The summed E-state index contributed by atoms with van der Waals surface area (Å²) in [5, 5.41) is 12.7. The summed E-state index contributed by atoms with van der Waals surface area (Å²) in [7, 11) is 0.115. The van der Waals surface area contributed by atoms with Gasteiger partial charge in [-0.15, -0.1) is 0 Å². The lowest BCUT2D eigenvalue weighted by Crippen LogP contribution is -2.11. The minimum atomic E-state index is 0.115. The van der Waals surface area contributed by atoms with E-state index < -0.39 is 0 Å². The van der Waals surface area contributed by atoms with Crippen LogP contribution in [0.1, 0.15) is 0 Å². The Bertz CT molecular complexity index is 299. The van der Waals surface area contributed by atoms with E-state index in [2.05, 4.69) is 20.4 Å². The van der Waals surface area contributed by atoms with Crippen LogP contribution in [0.3, 0.4) is 0 Å². The SMILES string of the molecule is B(Oc1ccn[nH]1)Oc1ccn[nH]1.